The summed E-state index contributed by atoms with van der Waals surface area (Å²) in [5, 5.41) is 11.9. The van der Waals surface area contributed by atoms with Crippen molar-refractivity contribution in [1.29, 1.82) is 0 Å². The van der Waals surface area contributed by atoms with Crippen molar-refractivity contribution in [3.63, 3.8) is 0 Å². The number of hydrogen-bond acceptors (Lipinski definition) is 3. The molecule has 1 atom stereocenters. The molecule has 0 saturated carbocycles. The molecule has 0 spiro atoms. The number of rotatable bonds is 7. The van der Waals surface area contributed by atoms with Crippen molar-refractivity contribution < 1.29 is 23.0 Å². The molecular formula is C17H20F3NO2. The molecule has 0 bridgehead atoms. The van der Waals surface area contributed by atoms with Gasteiger partial charge in [0.2, 0.25) is 0 Å². The number of ether oxygens (including phenoxy) is 1. The van der Waals surface area contributed by atoms with Crippen molar-refractivity contribution in [2.75, 3.05) is 26.7 Å². The van der Waals surface area contributed by atoms with Crippen molar-refractivity contribution in [3.8, 4) is 5.75 Å². The Morgan fingerprint density at radius 2 is 1.83 bits per heavy atom. The van der Waals surface area contributed by atoms with Gasteiger partial charge in [0.15, 0.2) is 0 Å². The van der Waals surface area contributed by atoms with E-state index >= 15 is 0 Å². The molecule has 0 amide bonds. The molecule has 0 aliphatic rings. The second-order valence-electron chi connectivity index (χ2n) is 5.57. The number of halogens is 3. The Morgan fingerprint density at radius 3 is 2.57 bits per heavy atom. The average Bonchev–Trinajstić information content (AvgIpc) is 2.50. The molecule has 0 saturated heterocycles. The number of aliphatic hydroxyl groups is 1. The van der Waals surface area contributed by atoms with E-state index in [9.17, 15) is 18.3 Å². The predicted molar refractivity (Wildman–Crippen MR) is 83.6 cm³/mol. The number of benzene rings is 2. The first-order chi connectivity index (χ1) is 10.8. The summed E-state index contributed by atoms with van der Waals surface area (Å²) in [4.78, 5) is 1.45. The van der Waals surface area contributed by atoms with Crippen LogP contribution in [0.5, 0.6) is 5.75 Å². The maximum Gasteiger partial charge on any atom is 0.390 e. The van der Waals surface area contributed by atoms with E-state index in [2.05, 4.69) is 0 Å². The Bertz CT molecular complexity index is 625. The minimum absolute atomic E-state index is 0.0321. The van der Waals surface area contributed by atoms with Crippen molar-refractivity contribution in [1.82, 2.24) is 4.90 Å². The maximum absolute atomic E-state index is 12.2. The first-order valence-corrected chi connectivity index (χ1v) is 7.39. The number of hydrogen-bond donors (Lipinski definition) is 1. The second kappa shape index (κ2) is 7.66. The highest BCUT2D eigenvalue weighted by molar-refractivity contribution is 5.88. The zero-order chi connectivity index (χ0) is 16.9. The van der Waals surface area contributed by atoms with Crippen LogP contribution in [0, 0.1) is 0 Å². The summed E-state index contributed by atoms with van der Waals surface area (Å²) in [7, 11) is 1.55. The molecule has 2 aromatic rings. The largest absolute Gasteiger partial charge is 0.490 e. The van der Waals surface area contributed by atoms with Crippen LogP contribution in [0.1, 0.15) is 6.42 Å². The Kier molecular flexibility index (Phi) is 5.85. The molecule has 2 aromatic carbocycles. The normalized spacial score (nSPS) is 13.5. The van der Waals surface area contributed by atoms with Crippen molar-refractivity contribution in [2.45, 2.75) is 18.7 Å². The fourth-order valence-corrected chi connectivity index (χ4v) is 2.33. The topological polar surface area (TPSA) is 32.7 Å². The summed E-state index contributed by atoms with van der Waals surface area (Å²) in [5.74, 6) is 0.653. The molecule has 1 unspecified atom stereocenters. The van der Waals surface area contributed by atoms with Crippen LogP contribution in [-0.2, 0) is 0 Å². The van der Waals surface area contributed by atoms with Crippen molar-refractivity contribution >= 4 is 10.8 Å². The third-order valence-electron chi connectivity index (χ3n) is 3.48. The van der Waals surface area contributed by atoms with Gasteiger partial charge in [0.1, 0.15) is 18.5 Å². The fourth-order valence-electron chi connectivity index (χ4n) is 2.33. The molecule has 2 rings (SSSR count). The Labute approximate surface area is 133 Å². The van der Waals surface area contributed by atoms with Gasteiger partial charge in [0.05, 0.1) is 6.42 Å². The molecule has 0 heterocycles. The number of nitrogens with zero attached hydrogens (tertiary/aromatic N) is 1. The maximum atomic E-state index is 12.2. The molecule has 23 heavy (non-hydrogen) atoms. The average molecular weight is 327 g/mol. The summed E-state index contributed by atoms with van der Waals surface area (Å²) in [6, 6.07) is 13.3. The van der Waals surface area contributed by atoms with Gasteiger partial charge in [-0.2, -0.15) is 13.2 Å². The first-order valence-electron chi connectivity index (χ1n) is 7.39. The lowest BCUT2D eigenvalue weighted by Crippen LogP contribution is -2.35. The van der Waals surface area contributed by atoms with E-state index in [0.29, 0.717) is 5.75 Å². The monoisotopic (exact) mass is 327 g/mol. The summed E-state index contributed by atoms with van der Waals surface area (Å²) >= 11 is 0. The predicted octanol–water partition coefficient (Wildman–Crippen LogP) is 3.46. The van der Waals surface area contributed by atoms with E-state index in [-0.39, 0.29) is 19.7 Å². The zero-order valence-electron chi connectivity index (χ0n) is 12.9. The van der Waals surface area contributed by atoms with Gasteiger partial charge >= 0.3 is 6.18 Å². The first kappa shape index (κ1) is 17.6. The van der Waals surface area contributed by atoms with Crippen LogP contribution in [-0.4, -0.2) is 49.0 Å². The smallest absolute Gasteiger partial charge is 0.390 e. The van der Waals surface area contributed by atoms with E-state index in [4.69, 9.17) is 4.74 Å². The number of alkyl halides is 3. The third-order valence-corrected chi connectivity index (χ3v) is 3.48. The van der Waals surface area contributed by atoms with Gasteiger partial charge in [0.25, 0.3) is 0 Å². The Hall–Kier alpha value is -1.79. The van der Waals surface area contributed by atoms with Crippen LogP contribution >= 0.6 is 0 Å². The van der Waals surface area contributed by atoms with Crippen LogP contribution in [0.25, 0.3) is 10.8 Å². The Balaban J connectivity index is 1.85. The van der Waals surface area contributed by atoms with E-state index in [1.54, 1.807) is 7.05 Å². The standard InChI is InChI=1S/C17H20F3NO2/c1-21(10-9-17(18,19)20)11-14(22)12-23-16-8-4-6-13-5-2-3-7-15(13)16/h2-8,14,22H,9-12H2,1H3. The molecule has 0 fully saturated rings. The fraction of sp³-hybridized carbons (Fsp3) is 0.412. The van der Waals surface area contributed by atoms with Crippen LogP contribution in [0.2, 0.25) is 0 Å². The Morgan fingerprint density at radius 1 is 1.13 bits per heavy atom. The third kappa shape index (κ3) is 5.73. The van der Waals surface area contributed by atoms with Crippen LogP contribution < -0.4 is 4.74 Å². The van der Waals surface area contributed by atoms with Gasteiger partial charge in [-0.05, 0) is 18.5 Å². The number of likely N-dealkylation sites (N-methyl/N-ethyl adjacent to an activating group) is 1. The minimum atomic E-state index is -4.18. The lowest BCUT2D eigenvalue weighted by atomic mass is 10.1. The van der Waals surface area contributed by atoms with Crippen molar-refractivity contribution in [3.05, 3.63) is 42.5 Å². The molecular weight excluding hydrogens is 307 g/mol. The number of aliphatic hydroxyl groups excluding tert-OH is 1. The minimum Gasteiger partial charge on any atom is -0.490 e. The zero-order valence-corrected chi connectivity index (χ0v) is 12.9. The molecule has 126 valence electrons. The lowest BCUT2D eigenvalue weighted by Gasteiger charge is -2.21. The SMILES string of the molecule is CN(CCC(F)(F)F)CC(O)COc1cccc2ccccc12. The van der Waals surface area contributed by atoms with E-state index in [1.807, 2.05) is 42.5 Å². The molecule has 1 N–H and O–H groups in total. The van der Waals surface area contributed by atoms with E-state index < -0.39 is 18.7 Å². The molecule has 6 heteroatoms. The van der Waals surface area contributed by atoms with Crippen LogP contribution in [0.3, 0.4) is 0 Å². The molecule has 3 nitrogen and oxygen atoms in total. The molecule has 0 aliphatic carbocycles. The van der Waals surface area contributed by atoms with Gasteiger partial charge in [-0.1, -0.05) is 36.4 Å². The molecule has 0 radical (unpaired) electrons. The lowest BCUT2D eigenvalue weighted by molar-refractivity contribution is -0.138. The summed E-state index contributed by atoms with van der Waals surface area (Å²) < 4.78 is 42.1. The summed E-state index contributed by atoms with van der Waals surface area (Å²) in [5.41, 5.74) is 0. The van der Waals surface area contributed by atoms with Gasteiger partial charge in [-0.25, -0.2) is 0 Å². The van der Waals surface area contributed by atoms with Crippen LogP contribution in [0.15, 0.2) is 42.5 Å². The molecule has 0 aliphatic heterocycles. The van der Waals surface area contributed by atoms with Gasteiger partial charge < -0.3 is 14.7 Å². The quantitative estimate of drug-likeness (QED) is 0.845. The van der Waals surface area contributed by atoms with Crippen molar-refractivity contribution in [2.24, 2.45) is 0 Å². The highest BCUT2D eigenvalue weighted by Gasteiger charge is 2.27. The van der Waals surface area contributed by atoms with E-state index in [0.717, 1.165) is 10.8 Å². The number of fused-ring (bicyclic) bond motifs is 1. The van der Waals surface area contributed by atoms with Gasteiger partial charge in [0, 0.05) is 18.5 Å². The molecule has 0 aromatic heterocycles. The second-order valence-corrected chi connectivity index (χ2v) is 5.57. The highest BCUT2D eigenvalue weighted by atomic mass is 19.4. The van der Waals surface area contributed by atoms with Gasteiger partial charge in [-0.15, -0.1) is 0 Å². The summed E-state index contributed by atoms with van der Waals surface area (Å²) in [6.07, 6.45) is -5.92. The van der Waals surface area contributed by atoms with Crippen LogP contribution in [0.4, 0.5) is 13.2 Å². The highest BCUT2D eigenvalue weighted by Crippen LogP contribution is 2.25. The van der Waals surface area contributed by atoms with Gasteiger partial charge in [-0.3, -0.25) is 0 Å². The summed E-state index contributed by atoms with van der Waals surface area (Å²) in [6.45, 7) is 0.0139. The van der Waals surface area contributed by atoms with E-state index in [1.165, 1.54) is 4.90 Å².